The normalized spacial score (nSPS) is 26.7. The summed E-state index contributed by atoms with van der Waals surface area (Å²) in [5.41, 5.74) is 4.58. The molecule has 2 fully saturated rings. The molecule has 5 aliphatic rings. The van der Waals surface area contributed by atoms with Crippen molar-refractivity contribution in [2.24, 2.45) is 17.8 Å². The number of amides is 2. The van der Waals surface area contributed by atoms with E-state index in [1.807, 2.05) is 42.5 Å². The fraction of sp³-hybridized carbons (Fsp3) is 0.371. The van der Waals surface area contributed by atoms with Crippen LogP contribution in [0.15, 0.2) is 83.0 Å². The van der Waals surface area contributed by atoms with Gasteiger partial charge >= 0.3 is 0 Å². The number of aliphatic hydroxyl groups excluding tert-OH is 1. The van der Waals surface area contributed by atoms with Crippen LogP contribution in [0.1, 0.15) is 31.2 Å². The number of fused-ring (bicyclic) bond motifs is 3. The van der Waals surface area contributed by atoms with E-state index >= 15 is 0 Å². The number of rotatable bonds is 6. The van der Waals surface area contributed by atoms with Gasteiger partial charge in [-0.3, -0.25) is 24.1 Å². The Balaban J connectivity index is 1.23. The summed E-state index contributed by atoms with van der Waals surface area (Å²) >= 11 is 0. The molecule has 0 radical (unpaired) electrons. The van der Waals surface area contributed by atoms with Crippen LogP contribution in [-0.2, 0) is 23.9 Å². The summed E-state index contributed by atoms with van der Waals surface area (Å²) in [6.07, 6.45) is 4.05. The van der Waals surface area contributed by atoms with Gasteiger partial charge in [-0.25, -0.2) is 0 Å². The van der Waals surface area contributed by atoms with E-state index in [2.05, 4.69) is 4.90 Å². The van der Waals surface area contributed by atoms with E-state index in [0.717, 1.165) is 29.9 Å². The van der Waals surface area contributed by atoms with Gasteiger partial charge in [-0.1, -0.05) is 23.8 Å². The predicted molar refractivity (Wildman–Crippen MR) is 162 cm³/mol. The monoisotopic (exact) mass is 594 g/mol. The van der Waals surface area contributed by atoms with E-state index in [1.165, 1.54) is 11.0 Å². The molecule has 0 saturated carbocycles. The Labute approximate surface area is 255 Å². The van der Waals surface area contributed by atoms with Crippen molar-refractivity contribution in [2.45, 2.75) is 25.7 Å². The highest BCUT2D eigenvalue weighted by Gasteiger charge is 2.56. The average molecular weight is 595 g/mol. The average Bonchev–Trinajstić information content (AvgIpc) is 3.31. The molecular weight excluding hydrogens is 560 g/mol. The van der Waals surface area contributed by atoms with Gasteiger partial charge in [-0.15, -0.1) is 0 Å². The van der Waals surface area contributed by atoms with Crippen LogP contribution in [-0.4, -0.2) is 68.0 Å². The molecule has 2 amide bonds. The second-order valence-electron chi connectivity index (χ2n) is 12.0. The summed E-state index contributed by atoms with van der Waals surface area (Å²) in [5.74, 6) is -2.33. The number of ketones is 2. The second-order valence-corrected chi connectivity index (χ2v) is 12.0. The first-order chi connectivity index (χ1) is 21.4. The van der Waals surface area contributed by atoms with Crippen LogP contribution in [0.3, 0.4) is 0 Å². The number of hydrogen-bond donors (Lipinski definition) is 1. The molecule has 0 aromatic heterocycles. The van der Waals surface area contributed by atoms with Crippen LogP contribution < -0.4 is 14.5 Å². The third-order valence-electron chi connectivity index (χ3n) is 9.62. The Morgan fingerprint density at radius 1 is 0.909 bits per heavy atom. The van der Waals surface area contributed by atoms with Crippen LogP contribution in [0.5, 0.6) is 5.75 Å². The maximum atomic E-state index is 14.2. The molecule has 2 aliphatic heterocycles. The maximum Gasteiger partial charge on any atom is 0.238 e. The van der Waals surface area contributed by atoms with E-state index in [1.54, 1.807) is 19.1 Å². The third-order valence-corrected chi connectivity index (χ3v) is 9.62. The van der Waals surface area contributed by atoms with Gasteiger partial charge in [0.05, 0.1) is 37.3 Å². The van der Waals surface area contributed by atoms with E-state index in [9.17, 15) is 19.2 Å². The summed E-state index contributed by atoms with van der Waals surface area (Å²) in [6, 6.07) is 14.8. The molecule has 4 atom stereocenters. The van der Waals surface area contributed by atoms with Gasteiger partial charge in [0.15, 0.2) is 11.6 Å². The number of anilines is 2. The molecule has 9 nitrogen and oxygen atoms in total. The highest BCUT2D eigenvalue weighted by molar-refractivity contribution is 6.25. The van der Waals surface area contributed by atoms with Crippen molar-refractivity contribution in [3.8, 4) is 5.75 Å². The third kappa shape index (κ3) is 4.62. The Morgan fingerprint density at radius 2 is 1.61 bits per heavy atom. The molecule has 2 heterocycles. The standard InChI is InChI=1S/C35H34N2O7/c1-20-18-29(39)28-19-27-25(30(32(28)33(20)40)21-2-8-24(9-3-21)44-17-14-38)10-11-26-31(27)35(42)37(34(26)41)23-6-4-22(5-7-23)36-12-15-43-16-13-36/h2-10,18,26-27,30-31,38H,11-17,19H2,1H3. The molecule has 0 spiro atoms. The van der Waals surface area contributed by atoms with Crippen LogP contribution in [0, 0.1) is 17.8 Å². The number of aliphatic hydroxyl groups is 1. The first kappa shape index (κ1) is 28.4. The number of imide groups is 1. The Morgan fingerprint density at radius 3 is 2.32 bits per heavy atom. The molecule has 7 rings (SSSR count). The van der Waals surface area contributed by atoms with Crippen LogP contribution in [0.2, 0.25) is 0 Å². The van der Waals surface area contributed by atoms with Gasteiger partial charge < -0.3 is 19.5 Å². The smallest absolute Gasteiger partial charge is 0.238 e. The first-order valence-corrected chi connectivity index (χ1v) is 15.2. The van der Waals surface area contributed by atoms with Gasteiger partial charge in [-0.05, 0) is 73.7 Å². The number of carbonyl (C=O) groups is 4. The number of morpholine rings is 1. The molecule has 226 valence electrons. The van der Waals surface area contributed by atoms with Crippen LogP contribution >= 0.6 is 0 Å². The van der Waals surface area contributed by atoms with E-state index in [-0.39, 0.29) is 48.9 Å². The highest BCUT2D eigenvalue weighted by Crippen LogP contribution is 2.55. The Bertz CT molecular complexity index is 1630. The SMILES string of the molecule is CC1=CC(=O)C2=C(C1=O)C(c1ccc(OCCO)cc1)C1=CCC3C(=O)N(c4ccc(N5CCOCC5)cc4)C(=O)C3C1C2. The van der Waals surface area contributed by atoms with E-state index < -0.39 is 17.8 Å². The minimum Gasteiger partial charge on any atom is -0.491 e. The number of benzene rings is 2. The molecule has 44 heavy (non-hydrogen) atoms. The first-order valence-electron chi connectivity index (χ1n) is 15.2. The van der Waals surface area contributed by atoms with Gasteiger partial charge in [0.25, 0.3) is 0 Å². The summed E-state index contributed by atoms with van der Waals surface area (Å²) in [5, 5.41) is 9.12. The van der Waals surface area contributed by atoms with Crippen molar-refractivity contribution >= 4 is 34.8 Å². The number of Topliss-reactive ketones (excluding diaryl/α,β-unsaturated/α-hetero) is 1. The van der Waals surface area contributed by atoms with Crippen molar-refractivity contribution in [3.63, 3.8) is 0 Å². The topological polar surface area (TPSA) is 113 Å². The van der Waals surface area contributed by atoms with Crippen LogP contribution in [0.25, 0.3) is 0 Å². The second kappa shape index (κ2) is 11.3. The van der Waals surface area contributed by atoms with Gasteiger partial charge in [0.2, 0.25) is 11.8 Å². The fourth-order valence-electron chi connectivity index (χ4n) is 7.55. The van der Waals surface area contributed by atoms with Gasteiger partial charge in [0.1, 0.15) is 12.4 Å². The van der Waals surface area contributed by atoms with Crippen LogP contribution in [0.4, 0.5) is 11.4 Å². The van der Waals surface area contributed by atoms with E-state index in [4.69, 9.17) is 14.6 Å². The molecule has 2 saturated heterocycles. The molecule has 3 aliphatic carbocycles. The number of nitrogens with zero attached hydrogens (tertiary/aromatic N) is 2. The Kier molecular flexibility index (Phi) is 7.30. The molecule has 2 aromatic carbocycles. The lowest BCUT2D eigenvalue weighted by molar-refractivity contribution is -0.123. The highest BCUT2D eigenvalue weighted by atomic mass is 16.5. The molecule has 1 N–H and O–H groups in total. The van der Waals surface area contributed by atoms with Gasteiger partial charge in [-0.2, -0.15) is 0 Å². The zero-order valence-corrected chi connectivity index (χ0v) is 24.5. The number of carbonyl (C=O) groups excluding carboxylic acids is 4. The summed E-state index contributed by atoms with van der Waals surface area (Å²) < 4.78 is 11.0. The van der Waals surface area contributed by atoms with Crippen molar-refractivity contribution in [1.29, 1.82) is 0 Å². The summed E-state index contributed by atoms with van der Waals surface area (Å²) in [7, 11) is 0. The lowest BCUT2D eigenvalue weighted by atomic mass is 9.59. The zero-order valence-electron chi connectivity index (χ0n) is 24.5. The largest absolute Gasteiger partial charge is 0.491 e. The molecule has 2 aromatic rings. The minimum absolute atomic E-state index is 0.109. The maximum absolute atomic E-state index is 14.2. The van der Waals surface area contributed by atoms with Crippen molar-refractivity contribution in [3.05, 3.63) is 88.5 Å². The fourth-order valence-corrected chi connectivity index (χ4v) is 7.55. The lowest BCUT2D eigenvalue weighted by Gasteiger charge is -2.42. The Hall–Kier alpha value is -4.34. The lowest BCUT2D eigenvalue weighted by Crippen LogP contribution is -2.39. The van der Waals surface area contributed by atoms with Crippen molar-refractivity contribution in [1.82, 2.24) is 0 Å². The van der Waals surface area contributed by atoms with E-state index in [0.29, 0.717) is 47.8 Å². The predicted octanol–water partition coefficient (Wildman–Crippen LogP) is 3.53. The zero-order chi connectivity index (χ0) is 30.5. The number of allylic oxidation sites excluding steroid dienone is 6. The summed E-state index contributed by atoms with van der Waals surface area (Å²) in [4.78, 5) is 58.5. The molecule has 4 unspecified atom stereocenters. The molecule has 0 bridgehead atoms. The quantitative estimate of drug-likeness (QED) is 0.307. The molecule has 9 heteroatoms. The summed E-state index contributed by atoms with van der Waals surface area (Å²) in [6.45, 7) is 4.61. The molecular formula is C35H34N2O7. The van der Waals surface area contributed by atoms with Gasteiger partial charge in [0, 0.05) is 41.4 Å². The number of ether oxygens (including phenoxy) is 2. The van der Waals surface area contributed by atoms with Crippen molar-refractivity contribution in [2.75, 3.05) is 49.3 Å². The van der Waals surface area contributed by atoms with Crippen molar-refractivity contribution < 1.29 is 33.8 Å². The number of hydrogen-bond acceptors (Lipinski definition) is 8. The minimum atomic E-state index is -0.625.